The van der Waals surface area contributed by atoms with Crippen molar-refractivity contribution in [1.82, 2.24) is 24.5 Å². The number of hydrogen-bond donors (Lipinski definition) is 2. The van der Waals surface area contributed by atoms with Gasteiger partial charge < -0.3 is 15.5 Å². The van der Waals surface area contributed by atoms with Crippen LogP contribution in [0.25, 0.3) is 16.8 Å². The molecule has 4 rings (SSSR count). The van der Waals surface area contributed by atoms with Crippen LogP contribution in [0.15, 0.2) is 28.6 Å². The summed E-state index contributed by atoms with van der Waals surface area (Å²) in [5.41, 5.74) is 2.25. The second-order valence-electron chi connectivity index (χ2n) is 8.80. The number of fused-ring (bicyclic) bond motifs is 1. The Morgan fingerprint density at radius 2 is 1.97 bits per heavy atom. The smallest absolute Gasteiger partial charge is 0.243 e. The van der Waals surface area contributed by atoms with E-state index in [9.17, 15) is 9.18 Å². The van der Waals surface area contributed by atoms with Gasteiger partial charge in [0.1, 0.15) is 17.4 Å². The quantitative estimate of drug-likeness (QED) is 0.438. The van der Waals surface area contributed by atoms with Crippen LogP contribution in [0.1, 0.15) is 45.7 Å². The normalized spacial score (nSPS) is 17.6. The number of amides is 1. The van der Waals surface area contributed by atoms with Crippen molar-refractivity contribution in [2.45, 2.75) is 59.2 Å². The van der Waals surface area contributed by atoms with Gasteiger partial charge in [0, 0.05) is 27.6 Å². The number of azo groups is 1. The Labute approximate surface area is 215 Å². The summed E-state index contributed by atoms with van der Waals surface area (Å²) in [6, 6.07) is 2.82. The molecule has 1 aliphatic heterocycles. The molecule has 0 spiro atoms. The summed E-state index contributed by atoms with van der Waals surface area (Å²) in [5, 5.41) is 18.1. The van der Waals surface area contributed by atoms with E-state index in [1.807, 2.05) is 0 Å². The van der Waals surface area contributed by atoms with E-state index in [1.165, 1.54) is 35.4 Å². The molecule has 2 N–H and O–H groups in total. The molecule has 0 bridgehead atoms. The summed E-state index contributed by atoms with van der Waals surface area (Å²) in [5.74, 6) is -0.163. The molecule has 2 unspecified atom stereocenters. The number of unbranched alkanes of at least 4 members (excludes halogenated alkanes) is 1. The van der Waals surface area contributed by atoms with Crippen molar-refractivity contribution in [3.8, 4) is 11.3 Å². The Morgan fingerprint density at radius 1 is 1.24 bits per heavy atom. The Morgan fingerprint density at radius 3 is 2.54 bits per heavy atom. The molecule has 1 saturated heterocycles. The van der Waals surface area contributed by atoms with E-state index < -0.39 is 18.0 Å². The minimum absolute atomic E-state index is 0.00897. The zero-order chi connectivity index (χ0) is 27.1. The Hall–Kier alpha value is -3.70. The van der Waals surface area contributed by atoms with Gasteiger partial charge in [-0.2, -0.15) is 15.2 Å². The highest BCUT2D eigenvalue weighted by Gasteiger charge is 2.31. The maximum Gasteiger partial charge on any atom is 0.243 e. The zero-order valence-electron chi connectivity index (χ0n) is 22.2. The number of aryl methyl sites for hydroxylation is 1. The first-order chi connectivity index (χ1) is 17.7. The number of aromatic nitrogens is 4. The van der Waals surface area contributed by atoms with Gasteiger partial charge in [-0.05, 0) is 25.5 Å². The summed E-state index contributed by atoms with van der Waals surface area (Å²) < 4.78 is 31.0. The summed E-state index contributed by atoms with van der Waals surface area (Å²) in [6.45, 7) is 8.00. The largest absolute Gasteiger partial charge is 0.371 e. The molecule has 12 heteroatoms. The summed E-state index contributed by atoms with van der Waals surface area (Å²) in [6.07, 6.45) is 3.01. The SMILES string of the molecule is CCCC.CN=Nc1ccc(-c2c(F)cn3nc(NC4CCN(C(C)=O)CC4F)nc(NC)c23)nc1C. The number of pyridine rings is 1. The number of nitrogens with one attached hydrogen (secondary N) is 2. The molecular weight excluding hydrogens is 480 g/mol. The van der Waals surface area contributed by atoms with Gasteiger partial charge in [0.05, 0.1) is 35.7 Å². The standard InChI is InChI=1S/C21H25F2N9O.C4H10/c1-11-15(29-25-4)5-6-17(26-11)18-14(23)10-32-19(18)20(24-3)28-21(30-32)27-16-7-8-31(12(2)33)9-13(16)22;1-3-4-2/h5-6,10,13,16H,7-9H2,1-4H3,(H2,24,27,28,30);3-4H2,1-2H3. The van der Waals surface area contributed by atoms with Gasteiger partial charge in [0.25, 0.3) is 0 Å². The maximum atomic E-state index is 15.0. The number of carbonyl (C=O) groups is 1. The molecule has 200 valence electrons. The van der Waals surface area contributed by atoms with Crippen molar-refractivity contribution in [1.29, 1.82) is 0 Å². The van der Waals surface area contributed by atoms with Crippen LogP contribution in [0, 0.1) is 12.7 Å². The summed E-state index contributed by atoms with van der Waals surface area (Å²) in [7, 11) is 3.22. The third-order valence-corrected chi connectivity index (χ3v) is 6.14. The number of piperidine rings is 1. The van der Waals surface area contributed by atoms with Gasteiger partial charge in [-0.15, -0.1) is 5.10 Å². The van der Waals surface area contributed by atoms with Crippen LogP contribution in [0.3, 0.4) is 0 Å². The van der Waals surface area contributed by atoms with E-state index in [0.29, 0.717) is 41.4 Å². The minimum Gasteiger partial charge on any atom is -0.371 e. The molecule has 0 radical (unpaired) electrons. The number of rotatable bonds is 6. The molecule has 3 aromatic heterocycles. The van der Waals surface area contributed by atoms with E-state index in [-0.39, 0.29) is 24.0 Å². The second kappa shape index (κ2) is 12.5. The lowest BCUT2D eigenvalue weighted by atomic mass is 10.0. The molecule has 1 aliphatic rings. The van der Waals surface area contributed by atoms with E-state index in [4.69, 9.17) is 0 Å². The molecule has 1 amide bonds. The molecule has 4 heterocycles. The number of likely N-dealkylation sites (tertiary alicyclic amines) is 1. The Balaban J connectivity index is 0.000000886. The van der Waals surface area contributed by atoms with Crippen LogP contribution in [0.5, 0.6) is 0 Å². The molecule has 3 aromatic rings. The number of alkyl halides is 1. The third-order valence-electron chi connectivity index (χ3n) is 6.14. The fourth-order valence-electron chi connectivity index (χ4n) is 3.96. The highest BCUT2D eigenvalue weighted by molar-refractivity contribution is 5.88. The average molecular weight is 516 g/mol. The van der Waals surface area contributed by atoms with Crippen molar-refractivity contribution < 1.29 is 13.6 Å². The minimum atomic E-state index is -1.28. The van der Waals surface area contributed by atoms with E-state index >= 15 is 4.39 Å². The first-order valence-corrected chi connectivity index (χ1v) is 12.4. The number of carbonyl (C=O) groups excluding carboxylic acids is 1. The lowest BCUT2D eigenvalue weighted by Crippen LogP contribution is -2.49. The lowest BCUT2D eigenvalue weighted by molar-refractivity contribution is -0.131. The number of nitrogens with zero attached hydrogens (tertiary/aromatic N) is 7. The first kappa shape index (κ1) is 27.9. The van der Waals surface area contributed by atoms with Crippen LogP contribution >= 0.6 is 0 Å². The molecule has 0 aliphatic carbocycles. The highest BCUT2D eigenvalue weighted by atomic mass is 19.1. The lowest BCUT2D eigenvalue weighted by Gasteiger charge is -2.34. The van der Waals surface area contributed by atoms with Crippen LogP contribution in [-0.4, -0.2) is 69.8 Å². The van der Waals surface area contributed by atoms with E-state index in [0.717, 1.165) is 0 Å². The maximum absolute atomic E-state index is 15.0. The average Bonchev–Trinajstić information content (AvgIpc) is 3.21. The monoisotopic (exact) mass is 515 g/mol. The molecule has 2 atom stereocenters. The topological polar surface area (TPSA) is 112 Å². The van der Waals surface area contributed by atoms with Gasteiger partial charge in [0.15, 0.2) is 11.6 Å². The summed E-state index contributed by atoms with van der Waals surface area (Å²) in [4.78, 5) is 21.9. The van der Waals surface area contributed by atoms with Crippen molar-refractivity contribution in [3.63, 3.8) is 0 Å². The number of halogens is 2. The van der Waals surface area contributed by atoms with Gasteiger partial charge in [-0.1, -0.05) is 26.7 Å². The molecule has 37 heavy (non-hydrogen) atoms. The highest BCUT2D eigenvalue weighted by Crippen LogP contribution is 2.33. The van der Waals surface area contributed by atoms with Crippen molar-refractivity contribution >= 4 is 28.9 Å². The first-order valence-electron chi connectivity index (χ1n) is 12.4. The molecule has 0 aromatic carbocycles. The molecule has 10 nitrogen and oxygen atoms in total. The Bertz CT molecular complexity index is 1260. The molecule has 0 saturated carbocycles. The van der Waals surface area contributed by atoms with Crippen LogP contribution in [0.2, 0.25) is 0 Å². The predicted molar refractivity (Wildman–Crippen MR) is 141 cm³/mol. The molecule has 1 fully saturated rings. The van der Waals surface area contributed by atoms with Crippen LogP contribution in [-0.2, 0) is 4.79 Å². The van der Waals surface area contributed by atoms with Gasteiger partial charge in [0.2, 0.25) is 11.9 Å². The van der Waals surface area contributed by atoms with Crippen LogP contribution < -0.4 is 10.6 Å². The second-order valence-corrected chi connectivity index (χ2v) is 8.80. The van der Waals surface area contributed by atoms with E-state index in [2.05, 4.69) is 49.8 Å². The van der Waals surface area contributed by atoms with E-state index in [1.54, 1.807) is 33.2 Å². The van der Waals surface area contributed by atoms with Crippen molar-refractivity contribution in [2.24, 2.45) is 10.2 Å². The number of hydrogen-bond acceptors (Lipinski definition) is 8. The van der Waals surface area contributed by atoms with Gasteiger partial charge in [-0.3, -0.25) is 9.78 Å². The summed E-state index contributed by atoms with van der Waals surface area (Å²) >= 11 is 0. The Kier molecular flexibility index (Phi) is 9.42. The van der Waals surface area contributed by atoms with Crippen molar-refractivity contribution in [3.05, 3.63) is 29.8 Å². The third kappa shape index (κ3) is 6.36. The predicted octanol–water partition coefficient (Wildman–Crippen LogP) is 5.17. The van der Waals surface area contributed by atoms with Crippen LogP contribution in [0.4, 0.5) is 26.2 Å². The molecular formula is C25H35F2N9O. The fourth-order valence-corrected chi connectivity index (χ4v) is 3.96. The number of anilines is 2. The zero-order valence-corrected chi connectivity index (χ0v) is 22.2. The van der Waals surface area contributed by atoms with Gasteiger partial charge in [-0.25, -0.2) is 13.3 Å². The van der Waals surface area contributed by atoms with Gasteiger partial charge >= 0.3 is 0 Å². The fraction of sp³-hybridized carbons (Fsp3) is 0.520. The van der Waals surface area contributed by atoms with Crippen molar-refractivity contribution in [2.75, 3.05) is 37.8 Å².